The summed E-state index contributed by atoms with van der Waals surface area (Å²) in [5.41, 5.74) is 5.85. The first-order valence-electron chi connectivity index (χ1n) is 7.93. The highest BCUT2D eigenvalue weighted by Crippen LogP contribution is 2.35. The Labute approximate surface area is 129 Å². The van der Waals surface area contributed by atoms with E-state index in [1.54, 1.807) is 11.3 Å². The van der Waals surface area contributed by atoms with Gasteiger partial charge in [-0.2, -0.15) is 4.98 Å². The van der Waals surface area contributed by atoms with Crippen LogP contribution < -0.4 is 10.5 Å². The maximum atomic E-state index is 6.29. The minimum Gasteiger partial charge on any atom is -0.473 e. The van der Waals surface area contributed by atoms with Crippen molar-refractivity contribution in [1.29, 1.82) is 0 Å². The number of aryl methyl sites for hydroxylation is 1. The van der Waals surface area contributed by atoms with Gasteiger partial charge in [0.15, 0.2) is 0 Å². The molecule has 0 aliphatic heterocycles. The van der Waals surface area contributed by atoms with Crippen LogP contribution in [0.25, 0.3) is 10.2 Å². The quantitative estimate of drug-likeness (QED) is 0.920. The molecule has 4 nitrogen and oxygen atoms in total. The number of nitrogens with zero attached hydrogens (tertiary/aromatic N) is 2. The molecule has 0 aromatic carbocycles. The first-order chi connectivity index (χ1) is 10.2. The largest absolute Gasteiger partial charge is 0.473 e. The third-order valence-corrected chi connectivity index (χ3v) is 5.57. The van der Waals surface area contributed by atoms with Gasteiger partial charge in [0.2, 0.25) is 11.8 Å². The van der Waals surface area contributed by atoms with Gasteiger partial charge in [-0.15, -0.1) is 11.3 Å². The van der Waals surface area contributed by atoms with Gasteiger partial charge in [0.25, 0.3) is 0 Å². The summed E-state index contributed by atoms with van der Waals surface area (Å²) < 4.78 is 6.29. The molecule has 5 heteroatoms. The molecule has 1 aliphatic rings. The van der Waals surface area contributed by atoms with Gasteiger partial charge < -0.3 is 10.5 Å². The predicted octanol–water partition coefficient (Wildman–Crippen LogP) is 4.18. The van der Waals surface area contributed by atoms with Crippen molar-refractivity contribution in [3.05, 3.63) is 10.9 Å². The fourth-order valence-electron chi connectivity index (χ4n) is 3.16. The minimum absolute atomic E-state index is 0.270. The van der Waals surface area contributed by atoms with E-state index in [1.165, 1.54) is 24.1 Å². The highest BCUT2D eigenvalue weighted by Gasteiger charge is 2.26. The molecule has 1 aliphatic carbocycles. The first kappa shape index (κ1) is 14.6. The molecule has 1 saturated carbocycles. The van der Waals surface area contributed by atoms with E-state index in [0.717, 1.165) is 29.5 Å². The molecule has 1 fully saturated rings. The lowest BCUT2D eigenvalue weighted by Crippen LogP contribution is -2.30. The minimum atomic E-state index is 0.270. The zero-order chi connectivity index (χ0) is 14.8. The van der Waals surface area contributed by atoms with Crippen molar-refractivity contribution < 1.29 is 4.74 Å². The number of nitrogens with two attached hydrogens (primary N) is 1. The molecule has 2 aromatic rings. The van der Waals surface area contributed by atoms with Crippen LogP contribution >= 0.6 is 11.3 Å². The number of thiophene rings is 1. The zero-order valence-corrected chi connectivity index (χ0v) is 13.6. The Morgan fingerprint density at radius 2 is 2.10 bits per heavy atom. The number of fused-ring (bicyclic) bond motifs is 1. The maximum absolute atomic E-state index is 6.29. The van der Waals surface area contributed by atoms with Gasteiger partial charge in [0.05, 0.1) is 5.39 Å². The topological polar surface area (TPSA) is 61.0 Å². The Balaban J connectivity index is 1.93. The number of aromatic nitrogens is 2. The van der Waals surface area contributed by atoms with E-state index < -0.39 is 0 Å². The molecule has 0 bridgehead atoms. The number of hydrogen-bond acceptors (Lipinski definition) is 5. The highest BCUT2D eigenvalue weighted by atomic mass is 32.1. The average Bonchev–Trinajstić information content (AvgIpc) is 2.91. The third-order valence-electron chi connectivity index (χ3n) is 4.40. The number of ether oxygens (including phenoxy) is 1. The van der Waals surface area contributed by atoms with Gasteiger partial charge in [0.1, 0.15) is 10.9 Å². The predicted molar refractivity (Wildman–Crippen MR) is 87.9 cm³/mol. The van der Waals surface area contributed by atoms with Crippen LogP contribution in [0.1, 0.15) is 50.8 Å². The van der Waals surface area contributed by atoms with Crippen LogP contribution in [0.2, 0.25) is 0 Å². The normalized spacial score (nSPS) is 22.6. The van der Waals surface area contributed by atoms with E-state index in [-0.39, 0.29) is 6.10 Å². The second kappa shape index (κ2) is 6.18. The van der Waals surface area contributed by atoms with Gasteiger partial charge in [-0.3, -0.25) is 0 Å². The van der Waals surface area contributed by atoms with Crippen LogP contribution in [-0.4, -0.2) is 16.1 Å². The fourth-order valence-corrected chi connectivity index (χ4v) is 4.13. The molecule has 0 amide bonds. The van der Waals surface area contributed by atoms with Crippen LogP contribution in [0.4, 0.5) is 5.95 Å². The number of nitrogen functional groups attached to an aromatic ring is 1. The van der Waals surface area contributed by atoms with Crippen molar-refractivity contribution in [2.45, 2.75) is 58.5 Å². The second-order valence-corrected chi connectivity index (χ2v) is 6.90. The van der Waals surface area contributed by atoms with E-state index >= 15 is 0 Å². The van der Waals surface area contributed by atoms with Crippen molar-refractivity contribution >= 4 is 27.5 Å². The van der Waals surface area contributed by atoms with Crippen molar-refractivity contribution in [2.24, 2.45) is 5.92 Å². The van der Waals surface area contributed by atoms with E-state index in [2.05, 4.69) is 29.9 Å². The Hall–Kier alpha value is -1.36. The molecular weight excluding hydrogens is 282 g/mol. The average molecular weight is 305 g/mol. The summed E-state index contributed by atoms with van der Waals surface area (Å²) in [4.78, 5) is 10.9. The molecule has 2 heterocycles. The number of anilines is 1. The van der Waals surface area contributed by atoms with E-state index in [0.29, 0.717) is 17.7 Å². The Morgan fingerprint density at radius 3 is 2.86 bits per heavy atom. The highest BCUT2D eigenvalue weighted by molar-refractivity contribution is 7.18. The summed E-state index contributed by atoms with van der Waals surface area (Å²) in [6.45, 7) is 4.40. The molecule has 3 rings (SSSR count). The Kier molecular flexibility index (Phi) is 4.29. The third kappa shape index (κ3) is 2.98. The Morgan fingerprint density at radius 1 is 1.29 bits per heavy atom. The smallest absolute Gasteiger partial charge is 0.227 e. The van der Waals surface area contributed by atoms with E-state index in [4.69, 9.17) is 10.5 Å². The molecular formula is C16H23N3OS. The molecule has 0 spiro atoms. The standard InChI is InChI=1S/C16H23N3OS/c1-3-10-7-5-6-8-13(10)20-14-12-9-11(4-2)21-15(12)19-16(17)18-14/h9-10,13H,3-8H2,1-2H3,(H2,17,18,19). The molecule has 21 heavy (non-hydrogen) atoms. The molecule has 2 aromatic heterocycles. The zero-order valence-electron chi connectivity index (χ0n) is 12.8. The van der Waals surface area contributed by atoms with E-state index in [1.807, 2.05) is 0 Å². The van der Waals surface area contributed by atoms with Crippen molar-refractivity contribution in [3.8, 4) is 5.88 Å². The molecule has 2 atom stereocenters. The number of rotatable bonds is 4. The van der Waals surface area contributed by atoms with Gasteiger partial charge in [-0.05, 0) is 44.1 Å². The van der Waals surface area contributed by atoms with Gasteiger partial charge in [-0.25, -0.2) is 4.98 Å². The van der Waals surface area contributed by atoms with Crippen LogP contribution in [0.3, 0.4) is 0 Å². The summed E-state index contributed by atoms with van der Waals surface area (Å²) in [5, 5.41) is 1.02. The van der Waals surface area contributed by atoms with Crippen LogP contribution in [0.15, 0.2) is 6.07 Å². The maximum Gasteiger partial charge on any atom is 0.227 e. The second-order valence-electron chi connectivity index (χ2n) is 5.78. The van der Waals surface area contributed by atoms with Crippen LogP contribution in [0.5, 0.6) is 5.88 Å². The van der Waals surface area contributed by atoms with Crippen molar-refractivity contribution in [1.82, 2.24) is 9.97 Å². The van der Waals surface area contributed by atoms with E-state index in [9.17, 15) is 0 Å². The lowest BCUT2D eigenvalue weighted by Gasteiger charge is -2.30. The van der Waals surface area contributed by atoms with Crippen LogP contribution in [0, 0.1) is 5.92 Å². The summed E-state index contributed by atoms with van der Waals surface area (Å²) in [5.74, 6) is 1.62. The van der Waals surface area contributed by atoms with Gasteiger partial charge >= 0.3 is 0 Å². The first-order valence-corrected chi connectivity index (χ1v) is 8.75. The molecule has 0 saturated heterocycles. The van der Waals surface area contributed by atoms with Gasteiger partial charge in [-0.1, -0.05) is 20.3 Å². The fraction of sp³-hybridized carbons (Fsp3) is 0.625. The van der Waals surface area contributed by atoms with Crippen LogP contribution in [-0.2, 0) is 6.42 Å². The molecule has 2 N–H and O–H groups in total. The lowest BCUT2D eigenvalue weighted by atomic mass is 9.85. The summed E-state index contributed by atoms with van der Waals surface area (Å²) in [6, 6.07) is 2.15. The van der Waals surface area contributed by atoms with Crippen molar-refractivity contribution in [3.63, 3.8) is 0 Å². The van der Waals surface area contributed by atoms with Gasteiger partial charge in [0, 0.05) is 4.88 Å². The molecule has 0 radical (unpaired) electrons. The SMILES string of the molecule is CCc1cc2c(OC3CCCCC3CC)nc(N)nc2s1. The number of hydrogen-bond donors (Lipinski definition) is 1. The Bertz CT molecular complexity index is 625. The molecule has 114 valence electrons. The summed E-state index contributed by atoms with van der Waals surface area (Å²) in [6.07, 6.45) is 7.38. The summed E-state index contributed by atoms with van der Waals surface area (Å²) >= 11 is 1.68. The van der Waals surface area contributed by atoms with Crippen molar-refractivity contribution in [2.75, 3.05) is 5.73 Å². The molecule has 2 unspecified atom stereocenters. The monoisotopic (exact) mass is 305 g/mol. The summed E-state index contributed by atoms with van der Waals surface area (Å²) in [7, 11) is 0. The lowest BCUT2D eigenvalue weighted by molar-refractivity contribution is 0.0876.